The van der Waals surface area contributed by atoms with Crippen molar-refractivity contribution >= 4 is 18.6 Å². The molecule has 4 nitrogen and oxygen atoms in total. The number of para-hydroxylation sites is 1. The zero-order valence-electron chi connectivity index (χ0n) is 14.7. The predicted molar refractivity (Wildman–Crippen MR) is 98.1 cm³/mol. The predicted octanol–water partition coefficient (Wildman–Crippen LogP) is 2.73. The van der Waals surface area contributed by atoms with E-state index in [0.29, 0.717) is 7.48 Å². The topological polar surface area (TPSA) is 50.7 Å². The molecular weight excluding hydrogens is 301 g/mol. The molecule has 0 amide bonds. The summed E-state index contributed by atoms with van der Waals surface area (Å²) in [4.78, 5) is 0. The molecule has 1 aliphatic heterocycles. The SMILES string of the molecule is CC(C)(O)C(C)(C)OBc1cccc2c1NC(c1ccccc1)O2. The van der Waals surface area contributed by atoms with Crippen LogP contribution in [0, 0.1) is 0 Å². The second-order valence-corrected chi connectivity index (χ2v) is 7.20. The summed E-state index contributed by atoms with van der Waals surface area (Å²) in [6.07, 6.45) is -0.190. The number of benzene rings is 2. The van der Waals surface area contributed by atoms with Gasteiger partial charge in [-0.15, -0.1) is 0 Å². The van der Waals surface area contributed by atoms with E-state index in [1.54, 1.807) is 13.8 Å². The second kappa shape index (κ2) is 6.15. The molecule has 2 N–H and O–H groups in total. The van der Waals surface area contributed by atoms with Gasteiger partial charge in [0.2, 0.25) is 0 Å². The van der Waals surface area contributed by atoms with E-state index < -0.39 is 11.2 Å². The summed E-state index contributed by atoms with van der Waals surface area (Å²) in [5.41, 5.74) is 1.47. The number of rotatable bonds is 5. The largest absolute Gasteiger partial charge is 0.464 e. The van der Waals surface area contributed by atoms with E-state index in [4.69, 9.17) is 9.39 Å². The number of ether oxygens (including phenoxy) is 1. The lowest BCUT2D eigenvalue weighted by Gasteiger charge is -2.37. The van der Waals surface area contributed by atoms with E-state index in [9.17, 15) is 5.11 Å². The van der Waals surface area contributed by atoms with Crippen LogP contribution in [0.3, 0.4) is 0 Å². The zero-order valence-corrected chi connectivity index (χ0v) is 14.7. The molecule has 2 aromatic rings. The summed E-state index contributed by atoms with van der Waals surface area (Å²) in [6, 6.07) is 16.0. The summed E-state index contributed by atoms with van der Waals surface area (Å²) in [5.74, 6) is 0.825. The highest BCUT2D eigenvalue weighted by Gasteiger charge is 2.36. The van der Waals surface area contributed by atoms with Gasteiger partial charge in [-0.3, -0.25) is 0 Å². The highest BCUT2D eigenvalue weighted by Crippen LogP contribution is 2.36. The fourth-order valence-corrected chi connectivity index (χ4v) is 2.46. The normalized spacial score (nSPS) is 17.0. The summed E-state index contributed by atoms with van der Waals surface area (Å²) in [5, 5.41) is 13.7. The van der Waals surface area contributed by atoms with Gasteiger partial charge in [0.1, 0.15) is 5.75 Å². The maximum absolute atomic E-state index is 10.2. The second-order valence-electron chi connectivity index (χ2n) is 7.20. The van der Waals surface area contributed by atoms with Crippen LogP contribution in [-0.2, 0) is 4.65 Å². The standard InChI is InChI=1S/C19H24BNO3/c1-18(2,22)19(3,4)24-20-14-11-8-12-15-16(14)21-17(23-15)13-9-6-5-7-10-13/h5-12,17,20-22H,1-4H3. The van der Waals surface area contributed by atoms with E-state index in [2.05, 4.69) is 5.32 Å². The molecule has 0 aliphatic carbocycles. The molecule has 2 aromatic carbocycles. The van der Waals surface area contributed by atoms with Crippen LogP contribution in [-0.4, -0.2) is 23.8 Å². The summed E-state index contributed by atoms with van der Waals surface area (Å²) < 4.78 is 12.0. The number of nitrogens with one attached hydrogen (secondary N) is 1. The lowest BCUT2D eigenvalue weighted by Crippen LogP contribution is -2.49. The molecule has 0 spiro atoms. The van der Waals surface area contributed by atoms with E-state index in [1.807, 2.05) is 62.4 Å². The number of hydrogen-bond acceptors (Lipinski definition) is 4. The van der Waals surface area contributed by atoms with Crippen LogP contribution in [0.2, 0.25) is 0 Å². The summed E-state index contributed by atoms with van der Waals surface area (Å²) >= 11 is 0. The minimum atomic E-state index is -0.929. The Morgan fingerprint density at radius 3 is 2.42 bits per heavy atom. The maximum Gasteiger partial charge on any atom is 0.311 e. The van der Waals surface area contributed by atoms with Gasteiger partial charge in [-0.05, 0) is 39.2 Å². The fraction of sp³-hybridized carbons (Fsp3) is 0.368. The van der Waals surface area contributed by atoms with Crippen LogP contribution in [0.15, 0.2) is 48.5 Å². The number of fused-ring (bicyclic) bond motifs is 1. The first-order valence-corrected chi connectivity index (χ1v) is 8.24. The molecule has 0 saturated carbocycles. The molecule has 0 bridgehead atoms. The highest BCUT2D eigenvalue weighted by atomic mass is 16.5. The van der Waals surface area contributed by atoms with Gasteiger partial charge in [-0.25, -0.2) is 0 Å². The van der Waals surface area contributed by atoms with Crippen molar-refractivity contribution < 1.29 is 14.5 Å². The van der Waals surface area contributed by atoms with Crippen LogP contribution in [0.25, 0.3) is 0 Å². The third kappa shape index (κ3) is 3.28. The zero-order chi connectivity index (χ0) is 17.4. The van der Waals surface area contributed by atoms with Crippen molar-refractivity contribution in [2.24, 2.45) is 0 Å². The van der Waals surface area contributed by atoms with Crippen molar-refractivity contribution in [1.29, 1.82) is 0 Å². The summed E-state index contributed by atoms with van der Waals surface area (Å²) in [7, 11) is 0.401. The van der Waals surface area contributed by atoms with Crippen LogP contribution in [0.5, 0.6) is 5.75 Å². The van der Waals surface area contributed by atoms with Crippen LogP contribution < -0.4 is 15.5 Å². The van der Waals surface area contributed by atoms with Gasteiger partial charge in [0.05, 0.1) is 16.9 Å². The van der Waals surface area contributed by atoms with Gasteiger partial charge in [0.25, 0.3) is 0 Å². The van der Waals surface area contributed by atoms with E-state index >= 15 is 0 Å². The van der Waals surface area contributed by atoms with Crippen molar-refractivity contribution in [2.75, 3.05) is 5.32 Å². The van der Waals surface area contributed by atoms with Crippen LogP contribution in [0.4, 0.5) is 5.69 Å². The smallest absolute Gasteiger partial charge is 0.311 e. The molecule has 0 saturated heterocycles. The molecule has 24 heavy (non-hydrogen) atoms. The average molecular weight is 325 g/mol. The lowest BCUT2D eigenvalue weighted by molar-refractivity contribution is -0.0893. The minimum absolute atomic E-state index is 0.190. The molecule has 0 radical (unpaired) electrons. The van der Waals surface area contributed by atoms with Crippen molar-refractivity contribution in [3.05, 3.63) is 54.1 Å². The van der Waals surface area contributed by atoms with Gasteiger partial charge in [-0.1, -0.05) is 42.5 Å². The van der Waals surface area contributed by atoms with E-state index in [0.717, 1.165) is 22.5 Å². The Bertz CT molecular complexity index is 710. The Labute approximate surface area is 144 Å². The Hall–Kier alpha value is -1.98. The minimum Gasteiger partial charge on any atom is -0.464 e. The van der Waals surface area contributed by atoms with Gasteiger partial charge in [0.15, 0.2) is 6.23 Å². The molecular formula is C19H24BNO3. The molecule has 5 heteroatoms. The van der Waals surface area contributed by atoms with Crippen LogP contribution in [0.1, 0.15) is 39.5 Å². The van der Waals surface area contributed by atoms with E-state index in [-0.39, 0.29) is 6.23 Å². The molecule has 0 aromatic heterocycles. The third-order valence-corrected chi connectivity index (χ3v) is 4.80. The van der Waals surface area contributed by atoms with Gasteiger partial charge >= 0.3 is 7.48 Å². The van der Waals surface area contributed by atoms with Gasteiger partial charge < -0.3 is 19.8 Å². The Morgan fingerprint density at radius 2 is 1.75 bits per heavy atom. The van der Waals surface area contributed by atoms with Crippen molar-refractivity contribution in [2.45, 2.75) is 45.1 Å². The first-order chi connectivity index (χ1) is 11.3. The Kier molecular flexibility index (Phi) is 4.32. The lowest BCUT2D eigenvalue weighted by atomic mass is 9.81. The Morgan fingerprint density at radius 1 is 1.04 bits per heavy atom. The van der Waals surface area contributed by atoms with Gasteiger partial charge in [-0.2, -0.15) is 0 Å². The Balaban J connectivity index is 1.77. The highest BCUT2D eigenvalue weighted by molar-refractivity contribution is 6.50. The summed E-state index contributed by atoms with van der Waals surface area (Å²) in [6.45, 7) is 7.31. The van der Waals surface area contributed by atoms with Gasteiger partial charge in [0, 0.05) is 5.56 Å². The molecule has 1 unspecified atom stereocenters. The first kappa shape index (κ1) is 16.9. The average Bonchev–Trinajstić information content (AvgIpc) is 2.97. The molecule has 126 valence electrons. The molecule has 3 rings (SSSR count). The van der Waals surface area contributed by atoms with Crippen molar-refractivity contribution in [3.63, 3.8) is 0 Å². The number of hydrogen-bond donors (Lipinski definition) is 2. The first-order valence-electron chi connectivity index (χ1n) is 8.24. The molecule has 1 atom stereocenters. The fourth-order valence-electron chi connectivity index (χ4n) is 2.46. The quantitative estimate of drug-likeness (QED) is 0.830. The van der Waals surface area contributed by atoms with Crippen molar-refractivity contribution in [3.8, 4) is 5.75 Å². The van der Waals surface area contributed by atoms with E-state index in [1.165, 1.54) is 0 Å². The maximum atomic E-state index is 10.2. The molecule has 0 fully saturated rings. The molecule has 1 heterocycles. The van der Waals surface area contributed by atoms with Crippen LogP contribution >= 0.6 is 0 Å². The van der Waals surface area contributed by atoms with Crippen molar-refractivity contribution in [1.82, 2.24) is 0 Å². The number of anilines is 1. The third-order valence-electron chi connectivity index (χ3n) is 4.80. The monoisotopic (exact) mass is 325 g/mol. The molecule has 1 aliphatic rings. The number of aliphatic hydroxyl groups is 1.